The van der Waals surface area contributed by atoms with Gasteiger partial charge in [-0.05, 0) is 20.0 Å². The highest BCUT2D eigenvalue weighted by atomic mass is 15.4. The van der Waals surface area contributed by atoms with Gasteiger partial charge in [-0.15, -0.1) is 0 Å². The minimum absolute atomic E-state index is 0.549. The first kappa shape index (κ1) is 12.8. The molecule has 16 heavy (non-hydrogen) atoms. The van der Waals surface area contributed by atoms with Gasteiger partial charge in [-0.3, -0.25) is 0 Å². The molecule has 1 aromatic heterocycles. The molecule has 1 aromatic rings. The Morgan fingerprint density at radius 3 is 2.50 bits per heavy atom. The zero-order chi connectivity index (χ0) is 12.3. The average molecular weight is 225 g/mol. The SMILES string of the molecule is CC(CN(C)C)Cn1ncc(N)c1N(C)C. The Kier molecular flexibility index (Phi) is 4.18. The lowest BCUT2D eigenvalue weighted by Crippen LogP contribution is -2.25. The normalized spacial score (nSPS) is 13.1. The summed E-state index contributed by atoms with van der Waals surface area (Å²) >= 11 is 0. The second-order valence-electron chi connectivity index (χ2n) is 4.87. The highest BCUT2D eigenvalue weighted by molar-refractivity contribution is 5.61. The molecule has 0 aliphatic rings. The third-order valence-corrected chi connectivity index (χ3v) is 2.42. The Balaban J connectivity index is 2.73. The third-order valence-electron chi connectivity index (χ3n) is 2.42. The number of aromatic nitrogens is 2. The van der Waals surface area contributed by atoms with Crippen LogP contribution in [0.5, 0.6) is 0 Å². The van der Waals surface area contributed by atoms with Gasteiger partial charge in [0.2, 0.25) is 0 Å². The minimum atomic E-state index is 0.549. The van der Waals surface area contributed by atoms with E-state index < -0.39 is 0 Å². The third kappa shape index (κ3) is 3.13. The monoisotopic (exact) mass is 225 g/mol. The number of nitrogen functional groups attached to an aromatic ring is 1. The van der Waals surface area contributed by atoms with E-state index in [4.69, 9.17) is 5.73 Å². The maximum atomic E-state index is 5.88. The second-order valence-corrected chi connectivity index (χ2v) is 4.87. The first-order chi connectivity index (χ1) is 7.41. The molecule has 92 valence electrons. The summed E-state index contributed by atoms with van der Waals surface area (Å²) in [6.07, 6.45) is 1.72. The maximum Gasteiger partial charge on any atom is 0.149 e. The minimum Gasteiger partial charge on any atom is -0.394 e. The summed E-state index contributed by atoms with van der Waals surface area (Å²) in [5.41, 5.74) is 6.62. The summed E-state index contributed by atoms with van der Waals surface area (Å²) in [7, 11) is 8.14. The molecule has 0 aliphatic heterocycles. The molecule has 0 saturated carbocycles. The predicted octanol–water partition coefficient (Wildman–Crippen LogP) is 0.729. The fourth-order valence-electron chi connectivity index (χ4n) is 1.99. The van der Waals surface area contributed by atoms with E-state index in [1.807, 2.05) is 23.7 Å². The Labute approximate surface area is 97.8 Å². The molecular formula is C11H23N5. The summed E-state index contributed by atoms with van der Waals surface area (Å²) in [6.45, 7) is 4.16. The van der Waals surface area contributed by atoms with Crippen LogP contribution in [0.25, 0.3) is 0 Å². The van der Waals surface area contributed by atoms with Gasteiger partial charge < -0.3 is 15.5 Å². The molecule has 0 amide bonds. The van der Waals surface area contributed by atoms with Gasteiger partial charge in [-0.2, -0.15) is 5.10 Å². The van der Waals surface area contributed by atoms with Crippen molar-refractivity contribution in [1.29, 1.82) is 0 Å². The maximum absolute atomic E-state index is 5.88. The van der Waals surface area contributed by atoms with E-state index in [2.05, 4.69) is 31.0 Å². The Bertz CT molecular complexity index is 329. The summed E-state index contributed by atoms with van der Waals surface area (Å²) in [6, 6.07) is 0. The molecule has 1 heterocycles. The highest BCUT2D eigenvalue weighted by Gasteiger charge is 2.13. The zero-order valence-electron chi connectivity index (χ0n) is 10.9. The highest BCUT2D eigenvalue weighted by Crippen LogP contribution is 2.21. The van der Waals surface area contributed by atoms with Crippen LogP contribution in [0.15, 0.2) is 6.20 Å². The van der Waals surface area contributed by atoms with Crippen LogP contribution in [0.1, 0.15) is 6.92 Å². The Hall–Kier alpha value is -1.23. The van der Waals surface area contributed by atoms with Crippen LogP contribution < -0.4 is 10.6 Å². The molecular weight excluding hydrogens is 202 g/mol. The predicted molar refractivity (Wildman–Crippen MR) is 68.7 cm³/mol. The van der Waals surface area contributed by atoms with E-state index in [1.54, 1.807) is 6.20 Å². The summed E-state index contributed by atoms with van der Waals surface area (Å²) in [5.74, 6) is 1.54. The van der Waals surface area contributed by atoms with E-state index in [9.17, 15) is 0 Å². The number of nitrogens with zero attached hydrogens (tertiary/aromatic N) is 4. The number of hydrogen-bond donors (Lipinski definition) is 1. The molecule has 0 bridgehead atoms. The molecule has 1 atom stereocenters. The van der Waals surface area contributed by atoms with Gasteiger partial charge in [-0.1, -0.05) is 6.92 Å². The molecule has 0 saturated heterocycles. The van der Waals surface area contributed by atoms with Crippen LogP contribution in [0, 0.1) is 5.92 Å². The second kappa shape index (κ2) is 5.21. The lowest BCUT2D eigenvalue weighted by atomic mass is 10.2. The molecule has 0 radical (unpaired) electrons. The van der Waals surface area contributed by atoms with E-state index in [0.717, 1.165) is 24.6 Å². The molecule has 0 aliphatic carbocycles. The molecule has 2 N–H and O–H groups in total. The summed E-state index contributed by atoms with van der Waals surface area (Å²) in [4.78, 5) is 4.19. The van der Waals surface area contributed by atoms with Gasteiger partial charge in [0, 0.05) is 27.2 Å². The largest absolute Gasteiger partial charge is 0.394 e. The fourth-order valence-corrected chi connectivity index (χ4v) is 1.99. The fraction of sp³-hybridized carbons (Fsp3) is 0.727. The number of rotatable bonds is 5. The summed E-state index contributed by atoms with van der Waals surface area (Å²) < 4.78 is 1.98. The molecule has 0 aromatic carbocycles. The van der Waals surface area contributed by atoms with Gasteiger partial charge >= 0.3 is 0 Å². The van der Waals surface area contributed by atoms with Crippen LogP contribution in [0.3, 0.4) is 0 Å². The van der Waals surface area contributed by atoms with Gasteiger partial charge in [0.05, 0.1) is 11.9 Å². The number of nitrogens with two attached hydrogens (primary N) is 1. The van der Waals surface area contributed by atoms with E-state index >= 15 is 0 Å². The van der Waals surface area contributed by atoms with Crippen molar-refractivity contribution in [3.8, 4) is 0 Å². The lowest BCUT2D eigenvalue weighted by Gasteiger charge is -2.20. The van der Waals surface area contributed by atoms with Crippen molar-refractivity contribution in [3.63, 3.8) is 0 Å². The smallest absolute Gasteiger partial charge is 0.149 e. The Morgan fingerprint density at radius 2 is 2.00 bits per heavy atom. The van der Waals surface area contributed by atoms with E-state index in [0.29, 0.717) is 5.92 Å². The van der Waals surface area contributed by atoms with E-state index in [1.165, 1.54) is 0 Å². The molecule has 0 spiro atoms. The lowest BCUT2D eigenvalue weighted by molar-refractivity contribution is 0.308. The van der Waals surface area contributed by atoms with Crippen LogP contribution >= 0.6 is 0 Å². The number of hydrogen-bond acceptors (Lipinski definition) is 4. The van der Waals surface area contributed by atoms with Gasteiger partial charge in [0.15, 0.2) is 0 Å². The van der Waals surface area contributed by atoms with Gasteiger partial charge in [0.25, 0.3) is 0 Å². The van der Waals surface area contributed by atoms with Crippen LogP contribution in [0.2, 0.25) is 0 Å². The topological polar surface area (TPSA) is 50.3 Å². The van der Waals surface area contributed by atoms with Crippen molar-refractivity contribution >= 4 is 11.5 Å². The van der Waals surface area contributed by atoms with Crippen molar-refractivity contribution in [1.82, 2.24) is 14.7 Å². The molecule has 1 unspecified atom stereocenters. The van der Waals surface area contributed by atoms with Crippen molar-refractivity contribution in [3.05, 3.63) is 6.20 Å². The van der Waals surface area contributed by atoms with Crippen molar-refractivity contribution < 1.29 is 0 Å². The molecule has 0 fully saturated rings. The molecule has 1 rings (SSSR count). The van der Waals surface area contributed by atoms with Crippen LogP contribution in [-0.4, -0.2) is 49.4 Å². The summed E-state index contributed by atoms with van der Waals surface area (Å²) in [5, 5.41) is 4.32. The average Bonchev–Trinajstić information content (AvgIpc) is 2.45. The van der Waals surface area contributed by atoms with Crippen LogP contribution in [0.4, 0.5) is 11.5 Å². The Morgan fingerprint density at radius 1 is 1.38 bits per heavy atom. The van der Waals surface area contributed by atoms with Crippen molar-refractivity contribution in [2.24, 2.45) is 5.92 Å². The van der Waals surface area contributed by atoms with Crippen molar-refractivity contribution in [2.75, 3.05) is 45.4 Å². The van der Waals surface area contributed by atoms with Gasteiger partial charge in [-0.25, -0.2) is 4.68 Å². The van der Waals surface area contributed by atoms with Crippen molar-refractivity contribution in [2.45, 2.75) is 13.5 Å². The van der Waals surface area contributed by atoms with E-state index in [-0.39, 0.29) is 0 Å². The van der Waals surface area contributed by atoms with Gasteiger partial charge in [0.1, 0.15) is 5.82 Å². The zero-order valence-corrected chi connectivity index (χ0v) is 10.9. The van der Waals surface area contributed by atoms with Crippen LogP contribution in [-0.2, 0) is 6.54 Å². The first-order valence-corrected chi connectivity index (χ1v) is 5.55. The molecule has 5 heteroatoms. The number of anilines is 2. The first-order valence-electron chi connectivity index (χ1n) is 5.55. The quantitative estimate of drug-likeness (QED) is 0.802. The standard InChI is InChI=1S/C11H23N5/c1-9(7-14(2)3)8-16-11(15(4)5)10(12)6-13-16/h6,9H,7-8,12H2,1-5H3. The molecule has 5 nitrogen and oxygen atoms in total.